The number of carboxylic acids is 1. The van der Waals surface area contributed by atoms with Gasteiger partial charge in [-0.2, -0.15) is 0 Å². The molecule has 0 aromatic heterocycles. The van der Waals surface area contributed by atoms with E-state index in [1.54, 1.807) is 11.9 Å². The molecule has 114 valence electrons. The molecule has 0 aliphatic carbocycles. The lowest BCUT2D eigenvalue weighted by molar-refractivity contribution is -0.385. The Morgan fingerprint density at radius 1 is 1.43 bits per heavy atom. The molecule has 0 aliphatic rings. The predicted molar refractivity (Wildman–Crippen MR) is 75.1 cm³/mol. The third kappa shape index (κ3) is 4.53. The van der Waals surface area contributed by atoms with Gasteiger partial charge in [0.05, 0.1) is 4.92 Å². The van der Waals surface area contributed by atoms with E-state index < -0.39 is 16.6 Å². The molecular weight excluding hydrogens is 278 g/mol. The minimum atomic E-state index is -1.34. The van der Waals surface area contributed by atoms with Gasteiger partial charge in [-0.3, -0.25) is 14.9 Å². The van der Waals surface area contributed by atoms with Gasteiger partial charge in [0.15, 0.2) is 0 Å². The fourth-order valence-corrected chi connectivity index (χ4v) is 1.90. The van der Waals surface area contributed by atoms with Crippen molar-refractivity contribution in [3.05, 3.63) is 39.4 Å². The number of carboxylic acid groups (broad SMARTS) is 1. The van der Waals surface area contributed by atoms with Crippen LogP contribution in [0.15, 0.2) is 18.2 Å². The molecule has 0 fully saturated rings. The average Bonchev–Trinajstić information content (AvgIpc) is 2.44. The molecule has 0 atom stereocenters. The van der Waals surface area contributed by atoms with Crippen LogP contribution in [-0.4, -0.2) is 47.4 Å². The molecule has 0 radical (unpaired) electrons. The molecule has 0 aliphatic heterocycles. The molecule has 8 heteroatoms. The van der Waals surface area contributed by atoms with Crippen molar-refractivity contribution >= 4 is 17.6 Å². The summed E-state index contributed by atoms with van der Waals surface area (Å²) in [6, 6.07) is 4.15. The zero-order valence-corrected chi connectivity index (χ0v) is 11.8. The summed E-state index contributed by atoms with van der Waals surface area (Å²) in [5.41, 5.74) is -0.398. The molecule has 21 heavy (non-hydrogen) atoms. The number of nitro groups is 1. The normalized spacial score (nSPS) is 10.4. The largest absolute Gasteiger partial charge is 0.477 e. The van der Waals surface area contributed by atoms with E-state index in [4.69, 9.17) is 0 Å². The van der Waals surface area contributed by atoms with Gasteiger partial charge in [-0.15, -0.1) is 0 Å². The van der Waals surface area contributed by atoms with Crippen LogP contribution in [0.25, 0.3) is 0 Å². The van der Waals surface area contributed by atoms with Gasteiger partial charge < -0.3 is 15.3 Å². The minimum Gasteiger partial charge on any atom is -0.477 e. The Kier molecular flexibility index (Phi) is 5.79. The van der Waals surface area contributed by atoms with E-state index in [2.05, 4.69) is 5.32 Å². The Balaban J connectivity index is 2.92. The van der Waals surface area contributed by atoms with Crippen molar-refractivity contribution in [1.82, 2.24) is 10.2 Å². The van der Waals surface area contributed by atoms with Gasteiger partial charge in [-0.25, -0.2) is 4.79 Å². The quantitative estimate of drug-likeness (QED) is 0.570. The molecule has 0 spiro atoms. The third-order valence-corrected chi connectivity index (χ3v) is 2.98. The summed E-state index contributed by atoms with van der Waals surface area (Å²) in [5, 5.41) is 22.6. The maximum absolute atomic E-state index is 11.3. The van der Waals surface area contributed by atoms with Crippen LogP contribution in [0.1, 0.15) is 22.3 Å². The maximum Gasteiger partial charge on any atom is 0.343 e. The first-order valence-electron chi connectivity index (χ1n) is 6.25. The number of amides is 1. The molecule has 1 aromatic carbocycles. The van der Waals surface area contributed by atoms with Crippen molar-refractivity contribution in [3.8, 4) is 0 Å². The van der Waals surface area contributed by atoms with E-state index in [9.17, 15) is 24.8 Å². The van der Waals surface area contributed by atoms with E-state index in [0.29, 0.717) is 12.1 Å². The van der Waals surface area contributed by atoms with Crippen LogP contribution in [-0.2, 0) is 11.3 Å². The second kappa shape index (κ2) is 7.34. The smallest absolute Gasteiger partial charge is 0.343 e. The highest BCUT2D eigenvalue weighted by Crippen LogP contribution is 2.23. The first-order valence-corrected chi connectivity index (χ1v) is 6.25. The van der Waals surface area contributed by atoms with Crippen molar-refractivity contribution in [2.75, 3.05) is 20.6 Å². The third-order valence-electron chi connectivity index (χ3n) is 2.98. The van der Waals surface area contributed by atoms with Gasteiger partial charge in [0.25, 0.3) is 5.69 Å². The van der Waals surface area contributed by atoms with Crippen molar-refractivity contribution in [2.45, 2.75) is 13.0 Å². The highest BCUT2D eigenvalue weighted by atomic mass is 16.6. The zero-order valence-electron chi connectivity index (χ0n) is 11.8. The number of carbonyl (C=O) groups excluding carboxylic acids is 1. The summed E-state index contributed by atoms with van der Waals surface area (Å²) in [6.07, 6.45) is 0.268. The fraction of sp³-hybridized carbons (Fsp3) is 0.385. The Labute approximate surface area is 121 Å². The lowest BCUT2D eigenvalue weighted by Crippen LogP contribution is -2.27. The molecule has 0 heterocycles. The second-order valence-corrected chi connectivity index (χ2v) is 4.53. The first kappa shape index (κ1) is 16.6. The van der Waals surface area contributed by atoms with Crippen molar-refractivity contribution < 1.29 is 19.6 Å². The lowest BCUT2D eigenvalue weighted by atomic mass is 10.0. The fourth-order valence-electron chi connectivity index (χ4n) is 1.90. The highest BCUT2D eigenvalue weighted by molar-refractivity contribution is 5.94. The number of aromatic carboxylic acids is 1. The summed E-state index contributed by atoms with van der Waals surface area (Å²) in [7, 11) is 3.25. The standard InChI is InChI=1S/C13H17N3O5/c1-14-11(17)6-7-15(2)8-9-4-3-5-10(16(20)21)12(9)13(18)19/h3-5H,6-8H2,1-2H3,(H,14,17)(H,18,19). The number of nitrogens with zero attached hydrogens (tertiary/aromatic N) is 2. The summed E-state index contributed by atoms with van der Waals surface area (Å²) in [4.78, 5) is 34.3. The van der Waals surface area contributed by atoms with Crippen molar-refractivity contribution in [1.29, 1.82) is 0 Å². The second-order valence-electron chi connectivity index (χ2n) is 4.53. The number of nitrogens with one attached hydrogen (secondary N) is 1. The topological polar surface area (TPSA) is 113 Å². The molecule has 1 amide bonds. The monoisotopic (exact) mass is 295 g/mol. The molecule has 0 saturated carbocycles. The van der Waals surface area contributed by atoms with Gasteiger partial charge in [-0.05, 0) is 12.6 Å². The van der Waals surface area contributed by atoms with Crippen LogP contribution in [0.5, 0.6) is 0 Å². The molecular formula is C13H17N3O5. The molecule has 0 bridgehead atoms. The van der Waals surface area contributed by atoms with Crippen LogP contribution in [0.3, 0.4) is 0 Å². The number of hydrogen-bond donors (Lipinski definition) is 2. The van der Waals surface area contributed by atoms with E-state index >= 15 is 0 Å². The average molecular weight is 295 g/mol. The Bertz CT molecular complexity index is 559. The molecule has 0 unspecified atom stereocenters. The van der Waals surface area contributed by atoms with Gasteiger partial charge in [0, 0.05) is 32.6 Å². The van der Waals surface area contributed by atoms with E-state index in [1.807, 2.05) is 0 Å². The molecule has 8 nitrogen and oxygen atoms in total. The Morgan fingerprint density at radius 2 is 2.10 bits per heavy atom. The van der Waals surface area contributed by atoms with Crippen LogP contribution in [0.4, 0.5) is 5.69 Å². The summed E-state index contributed by atoms with van der Waals surface area (Å²) < 4.78 is 0. The summed E-state index contributed by atoms with van der Waals surface area (Å²) in [6.45, 7) is 0.627. The number of nitro benzene ring substituents is 1. The number of carbonyl (C=O) groups is 2. The number of hydrogen-bond acceptors (Lipinski definition) is 5. The SMILES string of the molecule is CNC(=O)CCN(C)Cc1cccc([N+](=O)[O-])c1C(=O)O. The van der Waals surface area contributed by atoms with E-state index in [0.717, 1.165) is 6.07 Å². The molecule has 2 N–H and O–H groups in total. The molecule has 1 rings (SSSR count). The predicted octanol–water partition coefficient (Wildman–Crippen LogP) is 0.861. The van der Waals surface area contributed by atoms with Crippen LogP contribution in [0.2, 0.25) is 0 Å². The Morgan fingerprint density at radius 3 is 2.62 bits per heavy atom. The summed E-state index contributed by atoms with van der Waals surface area (Å²) in [5.74, 6) is -1.46. The Hall–Kier alpha value is -2.48. The first-order chi connectivity index (χ1) is 9.86. The van der Waals surface area contributed by atoms with E-state index in [-0.39, 0.29) is 24.4 Å². The van der Waals surface area contributed by atoms with Crippen LogP contribution in [0, 0.1) is 10.1 Å². The van der Waals surface area contributed by atoms with Crippen molar-refractivity contribution in [2.24, 2.45) is 0 Å². The van der Waals surface area contributed by atoms with Gasteiger partial charge in [-0.1, -0.05) is 12.1 Å². The van der Waals surface area contributed by atoms with Gasteiger partial charge >= 0.3 is 5.97 Å². The highest BCUT2D eigenvalue weighted by Gasteiger charge is 2.23. The van der Waals surface area contributed by atoms with Crippen LogP contribution >= 0.6 is 0 Å². The van der Waals surface area contributed by atoms with Crippen LogP contribution < -0.4 is 5.32 Å². The lowest BCUT2D eigenvalue weighted by Gasteiger charge is -2.17. The zero-order chi connectivity index (χ0) is 16.0. The van der Waals surface area contributed by atoms with Crippen molar-refractivity contribution in [3.63, 3.8) is 0 Å². The van der Waals surface area contributed by atoms with Gasteiger partial charge in [0.1, 0.15) is 5.56 Å². The number of rotatable bonds is 7. The molecule has 1 aromatic rings. The van der Waals surface area contributed by atoms with E-state index in [1.165, 1.54) is 19.2 Å². The number of benzene rings is 1. The van der Waals surface area contributed by atoms with Gasteiger partial charge in [0.2, 0.25) is 5.91 Å². The maximum atomic E-state index is 11.3. The summed E-state index contributed by atoms with van der Waals surface area (Å²) >= 11 is 0. The minimum absolute atomic E-state index is 0.126. The molecule has 0 saturated heterocycles.